The van der Waals surface area contributed by atoms with E-state index in [9.17, 15) is 4.79 Å². The minimum atomic E-state index is -0.299. The molecule has 3 nitrogen and oxygen atoms in total. The fourth-order valence-corrected chi connectivity index (χ4v) is 3.91. The van der Waals surface area contributed by atoms with Gasteiger partial charge >= 0.3 is 0 Å². The SMILES string of the molecule is Cc1ccc(-c2ccc(C[C@@]3(C(=O)NC4CC4)CCCNC3)cc2)cc1. The van der Waals surface area contributed by atoms with E-state index in [0.717, 1.165) is 45.2 Å². The van der Waals surface area contributed by atoms with Crippen LogP contribution in [-0.2, 0) is 11.2 Å². The highest BCUT2D eigenvalue weighted by atomic mass is 16.2. The number of rotatable bonds is 5. The van der Waals surface area contributed by atoms with E-state index in [1.807, 2.05) is 0 Å². The Hall–Kier alpha value is -2.13. The molecule has 2 aromatic rings. The van der Waals surface area contributed by atoms with Crippen LogP contribution >= 0.6 is 0 Å². The van der Waals surface area contributed by atoms with Crippen LogP contribution in [0.1, 0.15) is 36.8 Å². The molecule has 1 saturated heterocycles. The third kappa shape index (κ3) is 3.83. The fraction of sp³-hybridized carbons (Fsp3) is 0.435. The summed E-state index contributed by atoms with van der Waals surface area (Å²) in [4.78, 5) is 12.9. The summed E-state index contributed by atoms with van der Waals surface area (Å²) in [5.41, 5.74) is 4.69. The maximum absolute atomic E-state index is 12.9. The Morgan fingerprint density at radius 3 is 2.31 bits per heavy atom. The van der Waals surface area contributed by atoms with Crippen molar-refractivity contribution in [1.82, 2.24) is 10.6 Å². The number of hydrogen-bond donors (Lipinski definition) is 2. The highest BCUT2D eigenvalue weighted by Gasteiger charge is 2.41. The van der Waals surface area contributed by atoms with E-state index in [2.05, 4.69) is 66.1 Å². The summed E-state index contributed by atoms with van der Waals surface area (Å²) >= 11 is 0. The van der Waals surface area contributed by atoms with Crippen LogP contribution in [0, 0.1) is 12.3 Å². The van der Waals surface area contributed by atoms with Crippen LogP contribution in [0.3, 0.4) is 0 Å². The maximum Gasteiger partial charge on any atom is 0.228 e. The zero-order valence-corrected chi connectivity index (χ0v) is 15.6. The van der Waals surface area contributed by atoms with E-state index in [4.69, 9.17) is 0 Å². The van der Waals surface area contributed by atoms with Crippen LogP contribution < -0.4 is 10.6 Å². The highest BCUT2D eigenvalue weighted by Crippen LogP contribution is 2.33. The normalized spacial score (nSPS) is 22.8. The van der Waals surface area contributed by atoms with Crippen molar-refractivity contribution >= 4 is 5.91 Å². The third-order valence-corrected chi connectivity index (χ3v) is 5.75. The topological polar surface area (TPSA) is 41.1 Å². The number of piperidine rings is 1. The lowest BCUT2D eigenvalue weighted by molar-refractivity contribution is -0.132. The van der Waals surface area contributed by atoms with Gasteiger partial charge in [-0.1, -0.05) is 54.1 Å². The predicted octanol–water partition coefficient (Wildman–Crippen LogP) is 3.85. The molecule has 2 N–H and O–H groups in total. The lowest BCUT2D eigenvalue weighted by atomic mass is 9.74. The summed E-state index contributed by atoms with van der Waals surface area (Å²) in [6, 6.07) is 17.8. The molecule has 4 rings (SSSR count). The van der Waals surface area contributed by atoms with Gasteiger partial charge in [0.2, 0.25) is 5.91 Å². The van der Waals surface area contributed by atoms with Gasteiger partial charge in [0.15, 0.2) is 0 Å². The molecule has 1 aliphatic carbocycles. The van der Waals surface area contributed by atoms with Gasteiger partial charge in [-0.3, -0.25) is 4.79 Å². The van der Waals surface area contributed by atoms with Gasteiger partial charge in [-0.25, -0.2) is 0 Å². The van der Waals surface area contributed by atoms with Gasteiger partial charge in [0.25, 0.3) is 0 Å². The van der Waals surface area contributed by atoms with Crippen LogP contribution in [0.15, 0.2) is 48.5 Å². The van der Waals surface area contributed by atoms with E-state index in [-0.39, 0.29) is 11.3 Å². The largest absolute Gasteiger partial charge is 0.353 e. The van der Waals surface area contributed by atoms with E-state index >= 15 is 0 Å². The van der Waals surface area contributed by atoms with E-state index < -0.39 is 0 Å². The first kappa shape index (κ1) is 17.3. The van der Waals surface area contributed by atoms with E-state index in [1.165, 1.54) is 22.3 Å². The number of carbonyl (C=O) groups excluding carboxylic acids is 1. The van der Waals surface area contributed by atoms with E-state index in [1.54, 1.807) is 0 Å². The van der Waals surface area contributed by atoms with Crippen LogP contribution in [-0.4, -0.2) is 25.0 Å². The summed E-state index contributed by atoms with van der Waals surface area (Å²) < 4.78 is 0. The second kappa shape index (κ2) is 7.24. The third-order valence-electron chi connectivity index (χ3n) is 5.75. The number of benzene rings is 2. The van der Waals surface area contributed by atoms with Gasteiger partial charge in [-0.05, 0) is 62.3 Å². The molecule has 0 spiro atoms. The average molecular weight is 348 g/mol. The molecule has 3 heteroatoms. The Morgan fingerprint density at radius 1 is 1.08 bits per heavy atom. The molecule has 0 radical (unpaired) electrons. The molecule has 1 saturated carbocycles. The molecular formula is C23H28N2O. The second-order valence-electron chi connectivity index (χ2n) is 8.05. The summed E-state index contributed by atoms with van der Waals surface area (Å²) in [5.74, 6) is 0.245. The second-order valence-corrected chi connectivity index (χ2v) is 8.05. The van der Waals surface area contributed by atoms with Gasteiger partial charge in [-0.15, -0.1) is 0 Å². The predicted molar refractivity (Wildman–Crippen MR) is 106 cm³/mol. The lowest BCUT2D eigenvalue weighted by Crippen LogP contribution is -2.52. The minimum absolute atomic E-state index is 0.245. The molecule has 0 bridgehead atoms. The molecule has 0 aromatic heterocycles. The molecule has 136 valence electrons. The van der Waals surface area contributed by atoms with Crippen molar-refractivity contribution in [1.29, 1.82) is 0 Å². The minimum Gasteiger partial charge on any atom is -0.353 e. The standard InChI is InChI=1S/C23H28N2O/c1-17-3-7-19(8-4-17)20-9-5-18(6-10-20)15-23(13-2-14-24-16-23)22(26)25-21-11-12-21/h3-10,21,24H,2,11-16H2,1H3,(H,25,26)/t23-/m0/s1. The average Bonchev–Trinajstić information content (AvgIpc) is 3.48. The first-order valence-corrected chi connectivity index (χ1v) is 9.82. The van der Waals surface area contributed by atoms with Crippen molar-refractivity contribution in [3.05, 3.63) is 59.7 Å². The van der Waals surface area contributed by atoms with Crippen molar-refractivity contribution in [2.24, 2.45) is 5.41 Å². The highest BCUT2D eigenvalue weighted by molar-refractivity contribution is 5.84. The van der Waals surface area contributed by atoms with Gasteiger partial charge in [-0.2, -0.15) is 0 Å². The molecule has 1 atom stereocenters. The van der Waals surface area contributed by atoms with Crippen molar-refractivity contribution in [2.75, 3.05) is 13.1 Å². The van der Waals surface area contributed by atoms with Gasteiger partial charge in [0.1, 0.15) is 0 Å². The molecule has 1 amide bonds. The molecular weight excluding hydrogens is 320 g/mol. The Bertz CT molecular complexity index is 754. The Labute approximate surface area is 156 Å². The first-order valence-electron chi connectivity index (χ1n) is 9.82. The Morgan fingerprint density at radius 2 is 1.73 bits per heavy atom. The summed E-state index contributed by atoms with van der Waals surface area (Å²) in [6.45, 7) is 3.91. The lowest BCUT2D eigenvalue weighted by Gasteiger charge is -2.36. The molecule has 26 heavy (non-hydrogen) atoms. The molecule has 2 fully saturated rings. The molecule has 2 aliphatic rings. The zero-order chi connectivity index (χ0) is 18.0. The zero-order valence-electron chi connectivity index (χ0n) is 15.6. The van der Waals surface area contributed by atoms with Crippen LogP contribution in [0.4, 0.5) is 0 Å². The van der Waals surface area contributed by atoms with Crippen molar-refractivity contribution in [2.45, 2.75) is 45.1 Å². The Kier molecular flexibility index (Phi) is 4.82. The summed E-state index contributed by atoms with van der Waals surface area (Å²) in [6.07, 6.45) is 5.13. The van der Waals surface area contributed by atoms with Crippen LogP contribution in [0.5, 0.6) is 0 Å². The monoisotopic (exact) mass is 348 g/mol. The fourth-order valence-electron chi connectivity index (χ4n) is 3.91. The number of aryl methyl sites for hydroxylation is 1. The number of carbonyl (C=O) groups is 1. The van der Waals surface area contributed by atoms with Crippen molar-refractivity contribution in [3.63, 3.8) is 0 Å². The number of hydrogen-bond acceptors (Lipinski definition) is 2. The van der Waals surface area contributed by atoms with E-state index in [0.29, 0.717) is 6.04 Å². The summed E-state index contributed by atoms with van der Waals surface area (Å²) in [7, 11) is 0. The molecule has 0 unspecified atom stereocenters. The smallest absolute Gasteiger partial charge is 0.228 e. The van der Waals surface area contributed by atoms with Crippen LogP contribution in [0.25, 0.3) is 11.1 Å². The number of amides is 1. The quantitative estimate of drug-likeness (QED) is 0.862. The van der Waals surface area contributed by atoms with Crippen LogP contribution in [0.2, 0.25) is 0 Å². The van der Waals surface area contributed by atoms with Gasteiger partial charge in [0, 0.05) is 12.6 Å². The molecule has 2 aromatic carbocycles. The van der Waals surface area contributed by atoms with Crippen molar-refractivity contribution < 1.29 is 4.79 Å². The van der Waals surface area contributed by atoms with Gasteiger partial charge in [0.05, 0.1) is 5.41 Å². The number of nitrogens with one attached hydrogen (secondary N) is 2. The molecule has 1 aliphatic heterocycles. The van der Waals surface area contributed by atoms with Crippen molar-refractivity contribution in [3.8, 4) is 11.1 Å². The Balaban J connectivity index is 1.51. The molecule has 1 heterocycles. The summed E-state index contributed by atoms with van der Waals surface area (Å²) in [5, 5.41) is 6.70. The van der Waals surface area contributed by atoms with Gasteiger partial charge < -0.3 is 10.6 Å². The maximum atomic E-state index is 12.9. The first-order chi connectivity index (χ1) is 12.6.